The van der Waals surface area contributed by atoms with Gasteiger partial charge in [0.25, 0.3) is 0 Å². The quantitative estimate of drug-likeness (QED) is 0.902. The first-order chi connectivity index (χ1) is 8.99. The summed E-state index contributed by atoms with van der Waals surface area (Å²) in [6.07, 6.45) is 3.14. The van der Waals surface area contributed by atoms with Gasteiger partial charge in [-0.25, -0.2) is 4.79 Å². The molecule has 1 N–H and O–H groups in total. The molecule has 1 aliphatic rings. The van der Waals surface area contributed by atoms with E-state index in [0.29, 0.717) is 17.6 Å². The fourth-order valence-electron chi connectivity index (χ4n) is 2.59. The van der Waals surface area contributed by atoms with Crippen molar-refractivity contribution in [3.05, 3.63) is 28.8 Å². The zero-order valence-corrected chi connectivity index (χ0v) is 12.0. The highest BCUT2D eigenvalue weighted by Crippen LogP contribution is 2.34. The van der Waals surface area contributed by atoms with E-state index in [0.717, 1.165) is 19.3 Å². The van der Waals surface area contributed by atoms with Crippen molar-refractivity contribution in [1.29, 1.82) is 0 Å². The first-order valence-electron chi connectivity index (χ1n) is 6.67. The average molecular weight is 283 g/mol. The molecule has 1 aromatic carbocycles. The number of carbonyl (C=O) groups is 1. The van der Waals surface area contributed by atoms with Crippen LogP contribution in [-0.2, 0) is 0 Å². The standard InChI is InChI=1S/C15H19ClO3/c1-9-6-7-11(8-10(9)2)19-13-5-3-4-12(16)14(13)15(17)18/h3-5,9-11H,6-8H2,1-2H3,(H,17,18). The van der Waals surface area contributed by atoms with E-state index >= 15 is 0 Å². The van der Waals surface area contributed by atoms with Gasteiger partial charge in [-0.05, 0) is 43.2 Å². The molecule has 1 aromatic rings. The summed E-state index contributed by atoms with van der Waals surface area (Å²) in [4.78, 5) is 11.2. The summed E-state index contributed by atoms with van der Waals surface area (Å²) in [5, 5.41) is 9.43. The van der Waals surface area contributed by atoms with E-state index in [4.69, 9.17) is 16.3 Å². The van der Waals surface area contributed by atoms with Gasteiger partial charge in [0.1, 0.15) is 11.3 Å². The number of hydrogen-bond acceptors (Lipinski definition) is 2. The number of aromatic carboxylic acids is 1. The Morgan fingerprint density at radius 3 is 2.68 bits per heavy atom. The molecular formula is C15H19ClO3. The molecular weight excluding hydrogens is 264 g/mol. The van der Waals surface area contributed by atoms with E-state index in [9.17, 15) is 9.90 Å². The van der Waals surface area contributed by atoms with Gasteiger partial charge in [0.2, 0.25) is 0 Å². The fraction of sp³-hybridized carbons (Fsp3) is 0.533. The van der Waals surface area contributed by atoms with E-state index in [-0.39, 0.29) is 16.7 Å². The molecule has 0 saturated heterocycles. The second-order valence-electron chi connectivity index (χ2n) is 5.43. The number of rotatable bonds is 3. The van der Waals surface area contributed by atoms with Crippen LogP contribution in [0, 0.1) is 11.8 Å². The van der Waals surface area contributed by atoms with Gasteiger partial charge in [-0.1, -0.05) is 31.5 Å². The monoisotopic (exact) mass is 282 g/mol. The van der Waals surface area contributed by atoms with Gasteiger partial charge in [0.15, 0.2) is 0 Å². The van der Waals surface area contributed by atoms with E-state index in [1.807, 2.05) is 0 Å². The normalized spacial score (nSPS) is 27.0. The van der Waals surface area contributed by atoms with Crippen molar-refractivity contribution in [1.82, 2.24) is 0 Å². The third-order valence-corrected chi connectivity index (χ3v) is 4.35. The molecule has 0 bridgehead atoms. The lowest BCUT2D eigenvalue weighted by Crippen LogP contribution is -2.29. The zero-order valence-electron chi connectivity index (χ0n) is 11.2. The molecule has 1 saturated carbocycles. The minimum Gasteiger partial charge on any atom is -0.489 e. The molecule has 0 aromatic heterocycles. The van der Waals surface area contributed by atoms with Crippen molar-refractivity contribution in [2.45, 2.75) is 39.2 Å². The van der Waals surface area contributed by atoms with Crippen LogP contribution in [0.2, 0.25) is 5.02 Å². The van der Waals surface area contributed by atoms with Gasteiger partial charge in [-0.2, -0.15) is 0 Å². The van der Waals surface area contributed by atoms with E-state index in [1.165, 1.54) is 0 Å². The molecule has 0 radical (unpaired) electrons. The highest BCUT2D eigenvalue weighted by molar-refractivity contribution is 6.33. The largest absolute Gasteiger partial charge is 0.489 e. The summed E-state index contributed by atoms with van der Waals surface area (Å²) in [5.41, 5.74) is 0.0652. The van der Waals surface area contributed by atoms with Crippen LogP contribution in [0.25, 0.3) is 0 Å². The van der Waals surface area contributed by atoms with Gasteiger partial charge in [0.05, 0.1) is 11.1 Å². The molecule has 0 spiro atoms. The fourth-order valence-corrected chi connectivity index (χ4v) is 2.84. The molecule has 2 rings (SSSR count). The van der Waals surface area contributed by atoms with Crippen LogP contribution in [0.5, 0.6) is 5.75 Å². The summed E-state index contributed by atoms with van der Waals surface area (Å²) in [5.74, 6) is 0.647. The average Bonchev–Trinajstić information content (AvgIpc) is 2.33. The number of halogens is 1. The molecule has 1 aliphatic carbocycles. The third-order valence-electron chi connectivity index (χ3n) is 4.03. The van der Waals surface area contributed by atoms with Crippen LogP contribution >= 0.6 is 11.6 Å². The van der Waals surface area contributed by atoms with Crippen molar-refractivity contribution in [3.8, 4) is 5.75 Å². The summed E-state index contributed by atoms with van der Waals surface area (Å²) < 4.78 is 5.88. The van der Waals surface area contributed by atoms with Gasteiger partial charge < -0.3 is 9.84 Å². The Morgan fingerprint density at radius 1 is 1.32 bits per heavy atom. The lowest BCUT2D eigenvalue weighted by molar-refractivity contribution is 0.0676. The zero-order chi connectivity index (χ0) is 14.0. The van der Waals surface area contributed by atoms with Crippen LogP contribution in [-0.4, -0.2) is 17.2 Å². The van der Waals surface area contributed by atoms with E-state index in [1.54, 1.807) is 18.2 Å². The first-order valence-corrected chi connectivity index (χ1v) is 7.05. The smallest absolute Gasteiger partial charge is 0.341 e. The van der Waals surface area contributed by atoms with Gasteiger partial charge in [0, 0.05) is 0 Å². The maximum absolute atomic E-state index is 11.2. The van der Waals surface area contributed by atoms with E-state index in [2.05, 4.69) is 13.8 Å². The summed E-state index contributed by atoms with van der Waals surface area (Å²) in [6, 6.07) is 4.97. The summed E-state index contributed by atoms with van der Waals surface area (Å²) in [7, 11) is 0. The molecule has 3 atom stereocenters. The van der Waals surface area contributed by atoms with Crippen LogP contribution < -0.4 is 4.74 Å². The molecule has 0 amide bonds. The lowest BCUT2D eigenvalue weighted by Gasteiger charge is -2.32. The minimum absolute atomic E-state index is 0.0652. The Labute approximate surface area is 118 Å². The third kappa shape index (κ3) is 3.21. The van der Waals surface area contributed by atoms with Crippen LogP contribution in [0.3, 0.4) is 0 Å². The van der Waals surface area contributed by atoms with Gasteiger partial charge in [-0.15, -0.1) is 0 Å². The maximum atomic E-state index is 11.2. The predicted octanol–water partition coefficient (Wildman–Crippen LogP) is 4.24. The lowest BCUT2D eigenvalue weighted by atomic mass is 9.80. The number of benzene rings is 1. The Kier molecular flexibility index (Phi) is 4.35. The predicted molar refractivity (Wildman–Crippen MR) is 75.0 cm³/mol. The molecule has 1 fully saturated rings. The summed E-state index contributed by atoms with van der Waals surface area (Å²) >= 11 is 5.93. The molecule has 0 aliphatic heterocycles. The number of hydrogen-bond donors (Lipinski definition) is 1. The Balaban J connectivity index is 2.15. The Morgan fingerprint density at radius 2 is 2.05 bits per heavy atom. The van der Waals surface area contributed by atoms with Crippen LogP contribution in [0.1, 0.15) is 43.5 Å². The number of carboxylic acids is 1. The highest BCUT2D eigenvalue weighted by Gasteiger charge is 2.27. The van der Waals surface area contributed by atoms with Crippen molar-refractivity contribution >= 4 is 17.6 Å². The van der Waals surface area contributed by atoms with Gasteiger partial charge in [-0.3, -0.25) is 0 Å². The molecule has 4 heteroatoms. The molecule has 3 nitrogen and oxygen atoms in total. The molecule has 19 heavy (non-hydrogen) atoms. The molecule has 0 heterocycles. The second-order valence-corrected chi connectivity index (χ2v) is 5.83. The van der Waals surface area contributed by atoms with Crippen molar-refractivity contribution in [3.63, 3.8) is 0 Å². The van der Waals surface area contributed by atoms with Crippen LogP contribution in [0.15, 0.2) is 18.2 Å². The Bertz CT molecular complexity index is 472. The SMILES string of the molecule is CC1CCC(Oc2cccc(Cl)c2C(=O)O)CC1C. The van der Waals surface area contributed by atoms with Crippen molar-refractivity contribution in [2.75, 3.05) is 0 Å². The topological polar surface area (TPSA) is 46.5 Å². The summed E-state index contributed by atoms with van der Waals surface area (Å²) in [6.45, 7) is 4.47. The van der Waals surface area contributed by atoms with Crippen LogP contribution in [0.4, 0.5) is 0 Å². The molecule has 104 valence electrons. The number of ether oxygens (including phenoxy) is 1. The Hall–Kier alpha value is -1.22. The first kappa shape index (κ1) is 14.2. The van der Waals surface area contributed by atoms with Gasteiger partial charge >= 0.3 is 5.97 Å². The maximum Gasteiger partial charge on any atom is 0.341 e. The van der Waals surface area contributed by atoms with Crippen molar-refractivity contribution < 1.29 is 14.6 Å². The molecule has 3 unspecified atom stereocenters. The number of carboxylic acid groups (broad SMARTS) is 1. The minimum atomic E-state index is -1.04. The second kappa shape index (κ2) is 5.83. The van der Waals surface area contributed by atoms with E-state index < -0.39 is 5.97 Å². The van der Waals surface area contributed by atoms with Crippen molar-refractivity contribution in [2.24, 2.45) is 11.8 Å². The highest BCUT2D eigenvalue weighted by atomic mass is 35.5.